The van der Waals surface area contributed by atoms with Gasteiger partial charge in [0.1, 0.15) is 5.60 Å². The summed E-state index contributed by atoms with van der Waals surface area (Å²) in [6, 6.07) is 0. The minimum atomic E-state index is -0.427. The molecule has 1 rings (SSSR count). The van der Waals surface area contributed by atoms with E-state index in [1.54, 1.807) is 4.90 Å². The van der Waals surface area contributed by atoms with Gasteiger partial charge in [0.2, 0.25) is 0 Å². The third kappa shape index (κ3) is 2.91. The maximum Gasteiger partial charge on any atom is 0.410 e. The Labute approximate surface area is 98.1 Å². The van der Waals surface area contributed by atoms with Crippen LogP contribution in [0.3, 0.4) is 0 Å². The van der Waals surface area contributed by atoms with Gasteiger partial charge < -0.3 is 9.64 Å². The molecule has 3 nitrogen and oxygen atoms in total. The average molecular weight is 223 g/mol. The Bertz CT molecular complexity index is 314. The van der Waals surface area contributed by atoms with E-state index in [1.807, 2.05) is 34.6 Å². The number of rotatable bonds is 1. The van der Waals surface area contributed by atoms with Gasteiger partial charge in [0, 0.05) is 24.4 Å². The van der Waals surface area contributed by atoms with Crippen molar-refractivity contribution in [2.24, 2.45) is 11.3 Å². The topological polar surface area (TPSA) is 29.5 Å². The van der Waals surface area contributed by atoms with Crippen LogP contribution in [0.5, 0.6) is 0 Å². The third-order valence-corrected chi connectivity index (χ3v) is 2.93. The van der Waals surface area contributed by atoms with Gasteiger partial charge in [0.25, 0.3) is 0 Å². The lowest BCUT2D eigenvalue weighted by molar-refractivity contribution is -0.0151. The molecule has 1 saturated heterocycles. The summed E-state index contributed by atoms with van der Waals surface area (Å²) in [6.07, 6.45) is 5.22. The van der Waals surface area contributed by atoms with Gasteiger partial charge in [-0.25, -0.2) is 4.79 Å². The molecule has 1 heterocycles. The van der Waals surface area contributed by atoms with Crippen molar-refractivity contribution in [3.8, 4) is 12.3 Å². The Balaban J connectivity index is 2.43. The zero-order valence-electron chi connectivity index (χ0n) is 10.8. The number of carbonyl (C=O) groups excluding carboxylic acids is 1. The molecular weight excluding hydrogens is 202 g/mol. The zero-order chi connectivity index (χ0) is 12.6. The molecule has 0 unspecified atom stereocenters. The van der Waals surface area contributed by atoms with Crippen molar-refractivity contribution in [2.75, 3.05) is 13.1 Å². The van der Waals surface area contributed by atoms with Gasteiger partial charge in [-0.1, -0.05) is 0 Å². The van der Waals surface area contributed by atoms with E-state index < -0.39 is 5.60 Å². The smallest absolute Gasteiger partial charge is 0.410 e. The van der Waals surface area contributed by atoms with Crippen molar-refractivity contribution >= 4 is 6.09 Å². The molecule has 0 saturated carbocycles. The van der Waals surface area contributed by atoms with Crippen LogP contribution in [-0.4, -0.2) is 29.7 Å². The fourth-order valence-electron chi connectivity index (χ4n) is 1.53. The van der Waals surface area contributed by atoms with Crippen LogP contribution < -0.4 is 0 Å². The van der Waals surface area contributed by atoms with E-state index in [2.05, 4.69) is 5.92 Å². The maximum absolute atomic E-state index is 11.7. The molecule has 90 valence electrons. The monoisotopic (exact) mass is 223 g/mol. The molecule has 0 atom stereocenters. The number of likely N-dealkylation sites (tertiary alicyclic amines) is 1. The fourth-order valence-corrected chi connectivity index (χ4v) is 1.53. The van der Waals surface area contributed by atoms with E-state index in [0.29, 0.717) is 19.0 Å². The fraction of sp³-hybridized carbons (Fsp3) is 0.769. The molecule has 1 aliphatic heterocycles. The number of nitrogens with zero attached hydrogens (tertiary/aromatic N) is 1. The summed E-state index contributed by atoms with van der Waals surface area (Å²) in [6.45, 7) is 11.1. The summed E-state index contributed by atoms with van der Waals surface area (Å²) >= 11 is 0. The van der Waals surface area contributed by atoms with Crippen LogP contribution in [0.2, 0.25) is 0 Å². The van der Waals surface area contributed by atoms with Crippen molar-refractivity contribution in [2.45, 2.75) is 40.2 Å². The van der Waals surface area contributed by atoms with E-state index in [4.69, 9.17) is 11.2 Å². The second kappa shape index (κ2) is 4.01. The minimum absolute atomic E-state index is 0.140. The molecule has 0 aromatic rings. The van der Waals surface area contributed by atoms with Crippen molar-refractivity contribution in [1.29, 1.82) is 0 Å². The van der Waals surface area contributed by atoms with Crippen molar-refractivity contribution < 1.29 is 9.53 Å². The van der Waals surface area contributed by atoms with Crippen LogP contribution in [0, 0.1) is 23.7 Å². The largest absolute Gasteiger partial charge is 0.444 e. The highest BCUT2D eigenvalue weighted by Gasteiger charge is 2.41. The summed E-state index contributed by atoms with van der Waals surface area (Å²) in [5, 5.41) is 0. The van der Waals surface area contributed by atoms with E-state index in [1.165, 1.54) is 0 Å². The predicted molar refractivity (Wildman–Crippen MR) is 63.9 cm³/mol. The average Bonchev–Trinajstić information content (AvgIpc) is 1.96. The Morgan fingerprint density at radius 3 is 2.19 bits per heavy atom. The van der Waals surface area contributed by atoms with Crippen LogP contribution in [0.25, 0.3) is 0 Å². The highest BCUT2D eigenvalue weighted by Crippen LogP contribution is 2.34. The molecule has 0 aromatic heterocycles. The van der Waals surface area contributed by atoms with Gasteiger partial charge in [-0.3, -0.25) is 0 Å². The first-order valence-corrected chi connectivity index (χ1v) is 5.61. The molecule has 0 radical (unpaired) electrons. The number of amides is 1. The zero-order valence-corrected chi connectivity index (χ0v) is 10.8. The summed E-state index contributed by atoms with van der Waals surface area (Å²) in [5.41, 5.74) is -0.567. The normalized spacial score (nSPS) is 17.6. The van der Waals surface area contributed by atoms with Gasteiger partial charge in [-0.2, -0.15) is 0 Å². The van der Waals surface area contributed by atoms with Crippen LogP contribution in [0.1, 0.15) is 34.6 Å². The van der Waals surface area contributed by atoms with Crippen LogP contribution in [-0.2, 0) is 4.74 Å². The van der Waals surface area contributed by atoms with E-state index in [-0.39, 0.29) is 11.5 Å². The molecule has 1 amide bonds. The number of ether oxygens (including phenoxy) is 1. The Kier molecular flexibility index (Phi) is 3.23. The maximum atomic E-state index is 11.7. The first kappa shape index (κ1) is 12.9. The van der Waals surface area contributed by atoms with E-state index in [9.17, 15) is 4.79 Å². The lowest BCUT2D eigenvalue weighted by Gasteiger charge is -2.45. The first-order valence-electron chi connectivity index (χ1n) is 5.61. The van der Waals surface area contributed by atoms with Crippen molar-refractivity contribution in [3.63, 3.8) is 0 Å². The number of terminal acetylenes is 1. The Hall–Kier alpha value is -1.17. The summed E-state index contributed by atoms with van der Waals surface area (Å²) in [7, 11) is 0. The second-order valence-electron chi connectivity index (χ2n) is 5.95. The van der Waals surface area contributed by atoms with Crippen molar-refractivity contribution in [1.82, 2.24) is 4.90 Å². The number of hydrogen-bond donors (Lipinski definition) is 0. The van der Waals surface area contributed by atoms with Gasteiger partial charge in [-0.15, -0.1) is 12.3 Å². The lowest BCUT2D eigenvalue weighted by atomic mass is 9.75. The Morgan fingerprint density at radius 1 is 1.31 bits per heavy atom. The molecular formula is C13H21NO2. The van der Waals surface area contributed by atoms with Crippen LogP contribution in [0.15, 0.2) is 0 Å². The van der Waals surface area contributed by atoms with Gasteiger partial charge >= 0.3 is 6.09 Å². The molecule has 0 bridgehead atoms. The quantitative estimate of drug-likeness (QED) is 0.639. The summed E-state index contributed by atoms with van der Waals surface area (Å²) in [4.78, 5) is 13.4. The van der Waals surface area contributed by atoms with Crippen molar-refractivity contribution in [3.05, 3.63) is 0 Å². The SMILES string of the molecule is C#CC(C)(C)C1CN(C(=O)OC(C)(C)C)C1. The van der Waals surface area contributed by atoms with Crippen LogP contribution in [0.4, 0.5) is 4.79 Å². The molecule has 0 aromatic carbocycles. The number of hydrogen-bond acceptors (Lipinski definition) is 2. The molecule has 0 aliphatic carbocycles. The molecule has 1 aliphatic rings. The summed E-state index contributed by atoms with van der Waals surface area (Å²) < 4.78 is 5.27. The van der Waals surface area contributed by atoms with E-state index >= 15 is 0 Å². The minimum Gasteiger partial charge on any atom is -0.444 e. The standard InChI is InChI=1S/C13H21NO2/c1-7-13(5,6)10-8-14(9-10)11(15)16-12(2,3)4/h1,10H,8-9H2,2-6H3. The van der Waals surface area contributed by atoms with Gasteiger partial charge in [0.05, 0.1) is 0 Å². The third-order valence-electron chi connectivity index (χ3n) is 2.93. The van der Waals surface area contributed by atoms with Crippen LogP contribution >= 0.6 is 0 Å². The summed E-state index contributed by atoms with van der Waals surface area (Å²) in [5.74, 6) is 3.15. The van der Waals surface area contributed by atoms with Gasteiger partial charge in [-0.05, 0) is 34.6 Å². The number of carbonyl (C=O) groups is 1. The molecule has 0 N–H and O–H groups in total. The highest BCUT2D eigenvalue weighted by atomic mass is 16.6. The molecule has 3 heteroatoms. The molecule has 0 spiro atoms. The second-order valence-corrected chi connectivity index (χ2v) is 5.95. The molecule has 16 heavy (non-hydrogen) atoms. The van der Waals surface area contributed by atoms with Gasteiger partial charge in [0.15, 0.2) is 0 Å². The highest BCUT2D eigenvalue weighted by molar-refractivity contribution is 5.69. The Morgan fingerprint density at radius 2 is 1.81 bits per heavy atom. The predicted octanol–water partition coefficient (Wildman–Crippen LogP) is 2.51. The lowest BCUT2D eigenvalue weighted by Crippen LogP contribution is -2.55. The molecule has 1 fully saturated rings. The van der Waals surface area contributed by atoms with E-state index in [0.717, 1.165) is 0 Å². The first-order chi connectivity index (χ1) is 7.15.